The van der Waals surface area contributed by atoms with Crippen LogP contribution in [0.15, 0.2) is 17.1 Å². The molecule has 0 unspecified atom stereocenters. The van der Waals surface area contributed by atoms with Crippen LogP contribution in [0.3, 0.4) is 0 Å². The summed E-state index contributed by atoms with van der Waals surface area (Å²) in [7, 11) is 1.72. The van der Waals surface area contributed by atoms with Crippen LogP contribution >= 0.6 is 0 Å². The number of rotatable bonds is 4. The Hall–Kier alpha value is -1.98. The Balaban J connectivity index is 0.00000225. The highest BCUT2D eigenvalue weighted by Gasteiger charge is 2.59. The maximum atomic E-state index is 13.4. The van der Waals surface area contributed by atoms with Crippen molar-refractivity contribution in [3.63, 3.8) is 0 Å². The molecule has 0 aromatic rings. The molecule has 3 aliphatic carbocycles. The molecule has 4 fully saturated rings. The molecule has 1 saturated heterocycles. The molecule has 5 rings (SSSR count). The fraction of sp³-hybridized carbons (Fsp3) is 0.667. The van der Waals surface area contributed by atoms with Crippen LogP contribution in [0.2, 0.25) is 0 Å². The molecule has 2 aliphatic heterocycles. The van der Waals surface area contributed by atoms with E-state index in [2.05, 4.69) is 4.99 Å². The van der Waals surface area contributed by atoms with E-state index in [4.69, 9.17) is 0 Å². The SMILES string of the molecule is CN1C(=O)N(CC(=O)[C]2C=CC=N2)C(=O)[C@@]1(C)[C@H]1C[C@H]2CCCC[C@@H]1CC2.[HH]. The van der Waals surface area contributed by atoms with Gasteiger partial charge >= 0.3 is 6.03 Å². The number of ketones is 1. The van der Waals surface area contributed by atoms with Crippen LogP contribution in [0, 0.1) is 23.8 Å². The van der Waals surface area contributed by atoms with Crippen molar-refractivity contribution in [1.82, 2.24) is 9.80 Å². The quantitative estimate of drug-likeness (QED) is 0.712. The zero-order valence-electron chi connectivity index (χ0n) is 16.2. The predicted molar refractivity (Wildman–Crippen MR) is 104 cm³/mol. The molecule has 3 amide bonds. The summed E-state index contributed by atoms with van der Waals surface area (Å²) in [5.74, 6) is 0.807. The summed E-state index contributed by atoms with van der Waals surface area (Å²) in [5, 5.41) is 0. The zero-order chi connectivity index (χ0) is 19.2. The van der Waals surface area contributed by atoms with Gasteiger partial charge in [-0.15, -0.1) is 0 Å². The van der Waals surface area contributed by atoms with Gasteiger partial charge in [0.25, 0.3) is 5.91 Å². The minimum absolute atomic E-state index is 0. The molecule has 6 heteroatoms. The van der Waals surface area contributed by atoms with Crippen LogP contribution < -0.4 is 0 Å². The van der Waals surface area contributed by atoms with E-state index in [0.717, 1.165) is 24.2 Å². The molecule has 2 heterocycles. The van der Waals surface area contributed by atoms with Crippen LogP contribution in [0.25, 0.3) is 0 Å². The maximum Gasteiger partial charge on any atom is 0.327 e. The number of hydrogen-bond donors (Lipinski definition) is 0. The van der Waals surface area contributed by atoms with Crippen LogP contribution in [0.4, 0.5) is 4.79 Å². The van der Waals surface area contributed by atoms with Crippen LogP contribution in [-0.2, 0) is 9.59 Å². The van der Waals surface area contributed by atoms with Gasteiger partial charge in [0, 0.05) is 14.7 Å². The molecule has 6 nitrogen and oxygen atoms in total. The van der Waals surface area contributed by atoms with E-state index in [0.29, 0.717) is 17.9 Å². The normalized spacial score (nSPS) is 36.6. The Kier molecular flexibility index (Phi) is 4.68. The third-order valence-electron chi connectivity index (χ3n) is 7.30. The number of likely N-dealkylation sites (N-methyl/N-ethyl adjacent to an activating group) is 1. The lowest BCUT2D eigenvalue weighted by Crippen LogP contribution is -2.55. The van der Waals surface area contributed by atoms with Crippen LogP contribution in [-0.4, -0.2) is 52.9 Å². The van der Waals surface area contributed by atoms with Crippen molar-refractivity contribution in [2.24, 2.45) is 22.7 Å². The van der Waals surface area contributed by atoms with Crippen LogP contribution in [0.5, 0.6) is 0 Å². The van der Waals surface area contributed by atoms with Gasteiger partial charge in [-0.2, -0.15) is 0 Å². The molecule has 147 valence electrons. The van der Waals surface area contributed by atoms with Crippen molar-refractivity contribution in [3.05, 3.63) is 18.2 Å². The van der Waals surface area contributed by atoms with Gasteiger partial charge in [-0.05, 0) is 49.7 Å². The second-order valence-electron chi connectivity index (χ2n) is 8.66. The zero-order valence-corrected chi connectivity index (χ0v) is 16.2. The third-order valence-corrected chi connectivity index (χ3v) is 7.30. The standard InChI is InChI=1S/C21H28N3O3.H2/c1-21(16-12-14-6-3-4-7-15(16)10-9-14)19(26)24(20(27)23(21)2)13-18(25)17-8-5-11-22-17;/h5,8,11,14-16H,3-4,6-7,9-10,12-13H2,1-2H3;1H/t14-,15+,16-,21+;/m0./s1. The Morgan fingerprint density at radius 3 is 2.78 bits per heavy atom. The van der Waals surface area contributed by atoms with Gasteiger partial charge in [-0.3, -0.25) is 19.5 Å². The first-order valence-corrected chi connectivity index (χ1v) is 10.1. The smallest absolute Gasteiger partial charge is 0.313 e. The van der Waals surface area contributed by atoms with Crippen LogP contribution in [0.1, 0.15) is 53.3 Å². The minimum atomic E-state index is -0.850. The molecule has 2 bridgehead atoms. The predicted octanol–water partition coefficient (Wildman–Crippen LogP) is 3.23. The van der Waals surface area contributed by atoms with Gasteiger partial charge in [0.05, 0.1) is 6.54 Å². The molecule has 27 heavy (non-hydrogen) atoms. The van der Waals surface area contributed by atoms with E-state index in [1.54, 1.807) is 30.3 Å². The molecular weight excluding hydrogens is 342 g/mol. The molecule has 0 aromatic carbocycles. The first-order chi connectivity index (χ1) is 12.9. The minimum Gasteiger partial charge on any atom is -0.313 e. The Morgan fingerprint density at radius 1 is 1.26 bits per heavy atom. The monoisotopic (exact) mass is 372 g/mol. The van der Waals surface area contributed by atoms with E-state index in [-0.39, 0.29) is 31.6 Å². The first kappa shape index (κ1) is 18.4. The van der Waals surface area contributed by atoms with Gasteiger partial charge in [-0.25, -0.2) is 4.79 Å². The number of nitrogens with zero attached hydrogens (tertiary/aromatic N) is 3. The van der Waals surface area contributed by atoms with Gasteiger partial charge < -0.3 is 4.90 Å². The van der Waals surface area contributed by atoms with Crippen molar-refractivity contribution >= 4 is 23.9 Å². The fourth-order valence-corrected chi connectivity index (χ4v) is 5.58. The molecule has 0 spiro atoms. The first-order valence-electron chi connectivity index (χ1n) is 10.1. The number of fused-ring (bicyclic) bond motifs is 5. The van der Waals surface area contributed by atoms with Crippen molar-refractivity contribution in [2.45, 2.75) is 57.4 Å². The van der Waals surface area contributed by atoms with E-state index in [9.17, 15) is 14.4 Å². The Bertz CT molecular complexity index is 706. The molecule has 3 saturated carbocycles. The summed E-state index contributed by atoms with van der Waals surface area (Å²) < 4.78 is 0. The number of amides is 3. The van der Waals surface area contributed by atoms with Crippen molar-refractivity contribution in [2.75, 3.05) is 13.6 Å². The summed E-state index contributed by atoms with van der Waals surface area (Å²) in [6.45, 7) is 1.69. The molecular formula is C21H30N3O3. The van der Waals surface area contributed by atoms with Gasteiger partial charge in [-0.1, -0.05) is 32.1 Å². The average Bonchev–Trinajstić information content (AvgIpc) is 3.22. The van der Waals surface area contributed by atoms with Gasteiger partial charge in [0.15, 0.2) is 11.8 Å². The van der Waals surface area contributed by atoms with E-state index in [1.165, 1.54) is 25.7 Å². The molecule has 0 aromatic heterocycles. The molecule has 5 aliphatic rings. The highest BCUT2D eigenvalue weighted by atomic mass is 16.2. The summed E-state index contributed by atoms with van der Waals surface area (Å²) in [6.07, 6.45) is 13.1. The van der Waals surface area contributed by atoms with E-state index >= 15 is 0 Å². The second-order valence-corrected chi connectivity index (χ2v) is 8.66. The Morgan fingerprint density at radius 2 is 2.04 bits per heavy atom. The lowest BCUT2D eigenvalue weighted by atomic mass is 9.62. The number of Topliss-reactive ketones (excluding diaryl/α,β-unsaturated/α-hetero) is 1. The number of aliphatic imine (C=N–C) groups is 1. The number of imide groups is 1. The molecule has 4 atom stereocenters. The maximum absolute atomic E-state index is 13.4. The summed E-state index contributed by atoms with van der Waals surface area (Å²) in [6, 6.07) is -0.0581. The molecule has 1 radical (unpaired) electrons. The van der Waals surface area contributed by atoms with Gasteiger partial charge in [0.1, 0.15) is 5.54 Å². The third kappa shape index (κ3) is 2.93. The number of urea groups is 1. The highest BCUT2D eigenvalue weighted by molar-refractivity contribution is 6.11. The lowest BCUT2D eigenvalue weighted by molar-refractivity contribution is -0.139. The van der Waals surface area contributed by atoms with Gasteiger partial charge in [0.2, 0.25) is 0 Å². The topological polar surface area (TPSA) is 70.1 Å². The molecule has 0 N–H and O–H groups in total. The van der Waals surface area contributed by atoms with E-state index in [1.807, 2.05) is 6.92 Å². The summed E-state index contributed by atoms with van der Waals surface area (Å²) >= 11 is 0. The summed E-state index contributed by atoms with van der Waals surface area (Å²) in [5.41, 5.74) is -0.850. The fourth-order valence-electron chi connectivity index (χ4n) is 5.58. The number of allylic oxidation sites excluding steroid dienone is 1. The Labute approximate surface area is 162 Å². The lowest BCUT2D eigenvalue weighted by Gasteiger charge is -2.47. The van der Waals surface area contributed by atoms with Crippen molar-refractivity contribution < 1.29 is 15.8 Å². The number of carbonyl (C=O) groups excluding carboxylic acids is 3. The summed E-state index contributed by atoms with van der Waals surface area (Å²) in [4.78, 5) is 45.5. The number of carbonyl (C=O) groups is 3. The van der Waals surface area contributed by atoms with Crippen molar-refractivity contribution in [3.8, 4) is 0 Å². The highest BCUT2D eigenvalue weighted by Crippen LogP contribution is 2.49. The second kappa shape index (κ2) is 6.88. The largest absolute Gasteiger partial charge is 0.327 e. The van der Waals surface area contributed by atoms with E-state index < -0.39 is 5.54 Å². The van der Waals surface area contributed by atoms with Crippen molar-refractivity contribution in [1.29, 1.82) is 0 Å². The average molecular weight is 372 g/mol. The number of hydrogen-bond acceptors (Lipinski definition) is 4.